The molecule has 1 aliphatic rings. The molecule has 0 saturated heterocycles. The van der Waals surface area contributed by atoms with Crippen LogP contribution in [-0.2, 0) is 20.7 Å². The van der Waals surface area contributed by atoms with Crippen molar-refractivity contribution in [1.29, 1.82) is 0 Å². The van der Waals surface area contributed by atoms with Crippen molar-refractivity contribution in [2.45, 2.75) is 25.9 Å². The van der Waals surface area contributed by atoms with Gasteiger partial charge in [0.15, 0.2) is 24.7 Å². The second kappa shape index (κ2) is 8.29. The van der Waals surface area contributed by atoms with Crippen molar-refractivity contribution in [3.8, 4) is 11.5 Å². The molecule has 8 heteroatoms. The molecule has 1 heterocycles. The third-order valence-electron chi connectivity index (χ3n) is 3.99. The van der Waals surface area contributed by atoms with Crippen LogP contribution in [0.5, 0.6) is 11.5 Å². The highest BCUT2D eigenvalue weighted by Crippen LogP contribution is 2.41. The predicted molar refractivity (Wildman–Crippen MR) is 106 cm³/mol. The van der Waals surface area contributed by atoms with Crippen LogP contribution >= 0.6 is 23.2 Å². The van der Waals surface area contributed by atoms with Crippen molar-refractivity contribution < 1.29 is 23.8 Å². The first-order valence-corrected chi connectivity index (χ1v) is 9.34. The minimum Gasteiger partial charge on any atom is -0.483 e. The Kier molecular flexibility index (Phi) is 6.01. The molecule has 2 aromatic rings. The smallest absolute Gasteiger partial charge is 0.344 e. The first kappa shape index (κ1) is 20.3. The lowest BCUT2D eigenvalue weighted by atomic mass is 10.0. The van der Waals surface area contributed by atoms with Crippen LogP contribution in [0.3, 0.4) is 0 Å². The summed E-state index contributed by atoms with van der Waals surface area (Å²) in [4.78, 5) is 23.8. The molecule has 1 N–H and O–H groups in total. The van der Waals surface area contributed by atoms with Crippen LogP contribution in [0, 0.1) is 0 Å². The monoisotopic (exact) mass is 423 g/mol. The standard InChI is InChI=1S/C20H19Cl2NO5/c1-20(2)9-12-5-3-8-15(19(12)28-20)26-11-17(25)27-10-16(24)23-14-7-4-6-13(21)18(14)22/h3-8H,9-11H2,1-2H3,(H,23,24). The zero-order chi connectivity index (χ0) is 20.3. The lowest BCUT2D eigenvalue weighted by molar-refractivity contribution is -0.149. The summed E-state index contributed by atoms with van der Waals surface area (Å²) in [7, 11) is 0. The van der Waals surface area contributed by atoms with Crippen LogP contribution in [-0.4, -0.2) is 30.7 Å². The summed E-state index contributed by atoms with van der Waals surface area (Å²) in [6.07, 6.45) is 0.760. The van der Waals surface area contributed by atoms with Gasteiger partial charge in [0.25, 0.3) is 5.91 Å². The molecule has 1 aliphatic heterocycles. The maximum atomic E-state index is 11.9. The number of hydrogen-bond donors (Lipinski definition) is 1. The summed E-state index contributed by atoms with van der Waals surface area (Å²) in [5.74, 6) is -0.116. The van der Waals surface area contributed by atoms with Crippen LogP contribution in [0.25, 0.3) is 0 Å². The average molecular weight is 424 g/mol. The molecule has 0 radical (unpaired) electrons. The van der Waals surface area contributed by atoms with Crippen molar-refractivity contribution in [1.82, 2.24) is 0 Å². The van der Waals surface area contributed by atoms with Gasteiger partial charge in [-0.1, -0.05) is 41.4 Å². The summed E-state index contributed by atoms with van der Waals surface area (Å²) in [6, 6.07) is 10.4. The third kappa shape index (κ3) is 4.88. The third-order valence-corrected chi connectivity index (χ3v) is 4.81. The summed E-state index contributed by atoms with van der Waals surface area (Å²) < 4.78 is 16.3. The van der Waals surface area contributed by atoms with Gasteiger partial charge in [-0.15, -0.1) is 0 Å². The number of amides is 1. The van der Waals surface area contributed by atoms with Crippen molar-refractivity contribution in [3.63, 3.8) is 0 Å². The number of rotatable bonds is 6. The molecule has 28 heavy (non-hydrogen) atoms. The van der Waals surface area contributed by atoms with Crippen LogP contribution in [0.2, 0.25) is 10.0 Å². The number of fused-ring (bicyclic) bond motifs is 1. The molecule has 3 rings (SSSR count). The van der Waals surface area contributed by atoms with E-state index in [-0.39, 0.29) is 17.2 Å². The first-order valence-electron chi connectivity index (χ1n) is 8.58. The average Bonchev–Trinajstić information content (AvgIpc) is 2.96. The van der Waals surface area contributed by atoms with E-state index >= 15 is 0 Å². The Morgan fingerprint density at radius 2 is 1.89 bits per heavy atom. The summed E-state index contributed by atoms with van der Waals surface area (Å²) in [5.41, 5.74) is 1.04. The fraction of sp³-hybridized carbons (Fsp3) is 0.300. The first-order chi connectivity index (χ1) is 13.2. The number of anilines is 1. The normalized spacial score (nSPS) is 14.0. The van der Waals surface area contributed by atoms with Crippen molar-refractivity contribution in [2.24, 2.45) is 0 Å². The van der Waals surface area contributed by atoms with Gasteiger partial charge in [-0.25, -0.2) is 4.79 Å². The van der Waals surface area contributed by atoms with Gasteiger partial charge in [0.2, 0.25) is 0 Å². The number of hydrogen-bond acceptors (Lipinski definition) is 5. The number of para-hydroxylation sites is 1. The molecule has 0 unspecified atom stereocenters. The van der Waals surface area contributed by atoms with Crippen molar-refractivity contribution in [3.05, 3.63) is 52.0 Å². The molecule has 0 bridgehead atoms. The number of nitrogens with one attached hydrogen (secondary N) is 1. The number of esters is 1. The molecule has 1 amide bonds. The SMILES string of the molecule is CC1(C)Cc2cccc(OCC(=O)OCC(=O)Nc3cccc(Cl)c3Cl)c2O1. The summed E-state index contributed by atoms with van der Waals surface area (Å²) in [5, 5.41) is 3.06. The molecule has 6 nitrogen and oxygen atoms in total. The number of carbonyl (C=O) groups excluding carboxylic acids is 2. The van der Waals surface area contributed by atoms with Gasteiger partial charge in [-0.05, 0) is 32.0 Å². The molecule has 0 spiro atoms. The minimum absolute atomic E-state index is 0.216. The zero-order valence-corrected chi connectivity index (χ0v) is 16.9. The van der Waals surface area contributed by atoms with Crippen LogP contribution < -0.4 is 14.8 Å². The minimum atomic E-state index is -0.679. The Bertz CT molecular complexity index is 913. The van der Waals surface area contributed by atoms with E-state index in [0.717, 1.165) is 12.0 Å². The zero-order valence-electron chi connectivity index (χ0n) is 15.4. The van der Waals surface area contributed by atoms with Gasteiger partial charge in [0, 0.05) is 12.0 Å². The Labute approximate surface area is 172 Å². The maximum absolute atomic E-state index is 11.9. The van der Waals surface area contributed by atoms with Crippen LogP contribution in [0.4, 0.5) is 5.69 Å². The molecule has 0 fully saturated rings. The Balaban J connectivity index is 1.49. The fourth-order valence-electron chi connectivity index (χ4n) is 2.81. The van der Waals surface area contributed by atoms with Gasteiger partial charge >= 0.3 is 5.97 Å². The van der Waals surface area contributed by atoms with E-state index in [9.17, 15) is 9.59 Å². The largest absolute Gasteiger partial charge is 0.483 e. The van der Waals surface area contributed by atoms with Crippen LogP contribution in [0.1, 0.15) is 19.4 Å². The number of ether oxygens (including phenoxy) is 3. The molecule has 148 valence electrons. The lowest BCUT2D eigenvalue weighted by Crippen LogP contribution is -2.25. The summed E-state index contributed by atoms with van der Waals surface area (Å²) >= 11 is 11.9. The van der Waals surface area contributed by atoms with Crippen molar-refractivity contribution in [2.75, 3.05) is 18.5 Å². The summed E-state index contributed by atoms with van der Waals surface area (Å²) in [6.45, 7) is 3.15. The maximum Gasteiger partial charge on any atom is 0.344 e. The number of benzene rings is 2. The molecule has 0 saturated carbocycles. The quantitative estimate of drug-likeness (QED) is 0.702. The highest BCUT2D eigenvalue weighted by Gasteiger charge is 2.32. The second-order valence-electron chi connectivity index (χ2n) is 6.88. The molecule has 0 aromatic heterocycles. The molecule has 0 atom stereocenters. The van der Waals surface area contributed by atoms with Gasteiger partial charge in [0.05, 0.1) is 15.7 Å². The Hall–Kier alpha value is -2.44. The van der Waals surface area contributed by atoms with E-state index < -0.39 is 18.5 Å². The van der Waals surface area contributed by atoms with Gasteiger partial charge in [-0.3, -0.25) is 4.79 Å². The fourth-order valence-corrected chi connectivity index (χ4v) is 3.16. The van der Waals surface area contributed by atoms with Gasteiger partial charge < -0.3 is 19.5 Å². The van der Waals surface area contributed by atoms with Gasteiger partial charge in [-0.2, -0.15) is 0 Å². The topological polar surface area (TPSA) is 73.9 Å². The lowest BCUT2D eigenvalue weighted by Gasteiger charge is -2.18. The van der Waals surface area contributed by atoms with E-state index in [2.05, 4.69) is 5.32 Å². The Morgan fingerprint density at radius 1 is 1.14 bits per heavy atom. The van der Waals surface area contributed by atoms with E-state index in [1.165, 1.54) is 0 Å². The number of carbonyl (C=O) groups is 2. The van der Waals surface area contributed by atoms with E-state index in [4.69, 9.17) is 37.4 Å². The molecular weight excluding hydrogens is 405 g/mol. The Morgan fingerprint density at radius 3 is 2.68 bits per heavy atom. The van der Waals surface area contributed by atoms with Gasteiger partial charge in [0.1, 0.15) is 5.60 Å². The van der Waals surface area contributed by atoms with Crippen LogP contribution in [0.15, 0.2) is 36.4 Å². The van der Waals surface area contributed by atoms with Crippen molar-refractivity contribution >= 4 is 40.8 Å². The van der Waals surface area contributed by atoms with E-state index in [0.29, 0.717) is 22.2 Å². The predicted octanol–water partition coefficient (Wildman–Crippen LogP) is 4.27. The highest BCUT2D eigenvalue weighted by atomic mass is 35.5. The van der Waals surface area contributed by atoms with E-state index in [1.54, 1.807) is 24.3 Å². The van der Waals surface area contributed by atoms with E-state index in [1.807, 2.05) is 26.0 Å². The molecule has 2 aromatic carbocycles. The number of halogens is 2. The molecule has 0 aliphatic carbocycles. The second-order valence-corrected chi connectivity index (χ2v) is 7.67. The highest BCUT2D eigenvalue weighted by molar-refractivity contribution is 6.44. The molecular formula is C20H19Cl2NO5.